The normalized spacial score (nSPS) is 17.5. The first-order valence-electron chi connectivity index (χ1n) is 10.1. The topological polar surface area (TPSA) is 56.6 Å². The molecule has 1 aromatic heterocycles. The molecule has 3 aromatic rings. The number of methoxy groups -OCH3 is 2. The van der Waals surface area contributed by atoms with Crippen LogP contribution in [-0.4, -0.2) is 41.4 Å². The van der Waals surface area contributed by atoms with Gasteiger partial charge in [0.25, 0.3) is 5.91 Å². The molecule has 6 nitrogen and oxygen atoms in total. The first-order chi connectivity index (χ1) is 15.3. The number of hydrogen-bond donors (Lipinski definition) is 0. The molecule has 2 aliphatic heterocycles. The summed E-state index contributed by atoms with van der Waals surface area (Å²) in [7, 11) is 3.13. The average Bonchev–Trinajstić information content (AvgIpc) is 3.22. The summed E-state index contributed by atoms with van der Waals surface area (Å²) >= 11 is 0. The third-order valence-corrected chi connectivity index (χ3v) is 6.17. The molecule has 32 heavy (non-hydrogen) atoms. The fraction of sp³-hybridized carbons (Fsp3) is 0.304. The van der Waals surface area contributed by atoms with Crippen molar-refractivity contribution in [1.29, 1.82) is 0 Å². The molecule has 2 aromatic carbocycles. The third kappa shape index (κ3) is 3.11. The van der Waals surface area contributed by atoms with E-state index in [0.29, 0.717) is 42.1 Å². The Morgan fingerprint density at radius 3 is 2.56 bits per heavy atom. The Kier molecular flexibility index (Phi) is 4.65. The second-order valence-electron chi connectivity index (χ2n) is 7.84. The summed E-state index contributed by atoms with van der Waals surface area (Å²) in [6.45, 7) is 0.542. The number of hydrogen-bond acceptors (Lipinski definition) is 4. The highest BCUT2D eigenvalue weighted by atomic mass is 19.4. The summed E-state index contributed by atoms with van der Waals surface area (Å²) in [6.07, 6.45) is -1.92. The summed E-state index contributed by atoms with van der Waals surface area (Å²) in [4.78, 5) is 15.0. The molecular formula is C23H20F3N3O3. The highest BCUT2D eigenvalue weighted by Crippen LogP contribution is 2.42. The lowest BCUT2D eigenvalue weighted by molar-refractivity contribution is -0.137. The van der Waals surface area contributed by atoms with Gasteiger partial charge in [-0.2, -0.15) is 18.3 Å². The van der Waals surface area contributed by atoms with Gasteiger partial charge >= 0.3 is 6.18 Å². The first kappa shape index (κ1) is 20.4. The van der Waals surface area contributed by atoms with Gasteiger partial charge in [0.2, 0.25) is 0 Å². The monoisotopic (exact) mass is 443 g/mol. The van der Waals surface area contributed by atoms with Crippen LogP contribution in [0.25, 0.3) is 5.69 Å². The lowest BCUT2D eigenvalue weighted by atomic mass is 9.85. The van der Waals surface area contributed by atoms with Crippen molar-refractivity contribution >= 4 is 5.91 Å². The van der Waals surface area contributed by atoms with Crippen molar-refractivity contribution < 1.29 is 27.4 Å². The van der Waals surface area contributed by atoms with Gasteiger partial charge in [-0.25, -0.2) is 4.68 Å². The van der Waals surface area contributed by atoms with Gasteiger partial charge in [-0.15, -0.1) is 0 Å². The van der Waals surface area contributed by atoms with Crippen LogP contribution in [0.15, 0.2) is 42.6 Å². The highest BCUT2D eigenvalue weighted by molar-refractivity contribution is 5.97. The van der Waals surface area contributed by atoms with Crippen LogP contribution in [0.2, 0.25) is 0 Å². The molecule has 166 valence electrons. The second kappa shape index (κ2) is 7.29. The van der Waals surface area contributed by atoms with Gasteiger partial charge in [-0.05, 0) is 47.9 Å². The van der Waals surface area contributed by atoms with Crippen molar-refractivity contribution in [3.05, 3.63) is 70.5 Å². The molecule has 1 atom stereocenters. The summed E-state index contributed by atoms with van der Waals surface area (Å²) in [5.41, 5.74) is 2.53. The maximum atomic E-state index is 13.2. The molecule has 0 unspecified atom stereocenters. The lowest BCUT2D eigenvalue weighted by Crippen LogP contribution is -2.44. The number of benzene rings is 2. The Morgan fingerprint density at radius 1 is 1.09 bits per heavy atom. The second-order valence-corrected chi connectivity index (χ2v) is 7.84. The van der Waals surface area contributed by atoms with Crippen molar-refractivity contribution in [2.45, 2.75) is 25.1 Å². The van der Waals surface area contributed by atoms with Gasteiger partial charge in [-0.3, -0.25) is 4.79 Å². The summed E-state index contributed by atoms with van der Waals surface area (Å²) < 4.78 is 51.9. The third-order valence-electron chi connectivity index (χ3n) is 6.17. The standard InChI is InChI=1S/C23H20F3N3O3/c1-31-20-8-13-6-7-28-18(16(13)10-21(20)32-2)11-19-17(22(28)30)12-27-29(19)15-5-3-4-14(9-15)23(24,25)26/h3-5,8-10,12,18H,6-7,11H2,1-2H3/t18-/m0/s1. The van der Waals surface area contributed by atoms with Crippen LogP contribution in [0.1, 0.15) is 38.8 Å². The van der Waals surface area contributed by atoms with Crippen LogP contribution in [0.5, 0.6) is 11.5 Å². The van der Waals surface area contributed by atoms with E-state index in [2.05, 4.69) is 5.10 Å². The quantitative estimate of drug-likeness (QED) is 0.609. The average molecular weight is 443 g/mol. The molecule has 9 heteroatoms. The van der Waals surface area contributed by atoms with Crippen molar-refractivity contribution in [3.8, 4) is 17.2 Å². The van der Waals surface area contributed by atoms with Crippen LogP contribution >= 0.6 is 0 Å². The first-order valence-corrected chi connectivity index (χ1v) is 10.1. The van der Waals surface area contributed by atoms with Gasteiger partial charge in [0.1, 0.15) is 0 Å². The summed E-state index contributed by atoms with van der Waals surface area (Å²) in [5.74, 6) is 1.02. The number of ether oxygens (including phenoxy) is 2. The fourth-order valence-electron chi connectivity index (χ4n) is 4.61. The molecule has 0 spiro atoms. The molecule has 2 aliphatic rings. The smallest absolute Gasteiger partial charge is 0.416 e. The summed E-state index contributed by atoms with van der Waals surface area (Å²) in [5, 5.41) is 4.27. The minimum absolute atomic E-state index is 0.171. The van der Waals surface area contributed by atoms with E-state index in [1.54, 1.807) is 25.2 Å². The Labute approximate surface area is 182 Å². The molecule has 0 fully saturated rings. The Bertz CT molecular complexity index is 1220. The molecule has 0 bridgehead atoms. The Morgan fingerprint density at radius 2 is 1.84 bits per heavy atom. The number of nitrogens with zero attached hydrogens (tertiary/aromatic N) is 3. The van der Waals surface area contributed by atoms with Gasteiger partial charge in [0.15, 0.2) is 11.5 Å². The van der Waals surface area contributed by atoms with E-state index in [9.17, 15) is 18.0 Å². The maximum absolute atomic E-state index is 13.2. The number of carbonyl (C=O) groups excluding carboxylic acids is 1. The largest absolute Gasteiger partial charge is 0.493 e. The van der Waals surface area contributed by atoms with E-state index in [-0.39, 0.29) is 17.6 Å². The minimum Gasteiger partial charge on any atom is -0.493 e. The minimum atomic E-state index is -4.46. The number of fused-ring (bicyclic) bond motifs is 4. The predicted octanol–water partition coefficient (Wildman–Crippen LogP) is 4.20. The van der Waals surface area contributed by atoms with E-state index in [1.807, 2.05) is 12.1 Å². The van der Waals surface area contributed by atoms with E-state index in [1.165, 1.54) is 16.9 Å². The van der Waals surface area contributed by atoms with Crippen LogP contribution in [0, 0.1) is 0 Å². The Balaban J connectivity index is 1.59. The number of amides is 1. The molecule has 0 radical (unpaired) electrons. The zero-order valence-electron chi connectivity index (χ0n) is 17.4. The zero-order chi connectivity index (χ0) is 22.6. The summed E-state index contributed by atoms with van der Waals surface area (Å²) in [6, 6.07) is 8.51. The van der Waals surface area contributed by atoms with Crippen LogP contribution in [0.3, 0.4) is 0 Å². The molecule has 5 rings (SSSR count). The SMILES string of the molecule is COc1cc2c(cc1OC)[C@@H]1Cc3c(cnn3-c3cccc(C(F)(F)F)c3)C(=O)N1CC2. The van der Waals surface area contributed by atoms with E-state index in [4.69, 9.17) is 9.47 Å². The van der Waals surface area contributed by atoms with Crippen LogP contribution in [0.4, 0.5) is 13.2 Å². The number of aromatic nitrogens is 2. The highest BCUT2D eigenvalue weighted by Gasteiger charge is 2.40. The number of alkyl halides is 3. The van der Waals surface area contributed by atoms with Crippen molar-refractivity contribution in [3.63, 3.8) is 0 Å². The molecule has 0 saturated carbocycles. The van der Waals surface area contributed by atoms with E-state index < -0.39 is 11.7 Å². The van der Waals surface area contributed by atoms with Gasteiger partial charge in [0.05, 0.1) is 49.0 Å². The molecule has 3 heterocycles. The van der Waals surface area contributed by atoms with Gasteiger partial charge < -0.3 is 14.4 Å². The zero-order valence-corrected chi connectivity index (χ0v) is 17.4. The molecular weight excluding hydrogens is 423 g/mol. The number of halogens is 3. The van der Waals surface area contributed by atoms with E-state index >= 15 is 0 Å². The number of carbonyl (C=O) groups is 1. The van der Waals surface area contributed by atoms with Gasteiger partial charge in [-0.1, -0.05) is 6.07 Å². The fourth-order valence-corrected chi connectivity index (χ4v) is 4.61. The maximum Gasteiger partial charge on any atom is 0.416 e. The predicted molar refractivity (Wildman–Crippen MR) is 109 cm³/mol. The molecule has 0 saturated heterocycles. The van der Waals surface area contributed by atoms with Crippen LogP contribution < -0.4 is 9.47 Å². The molecule has 0 aliphatic carbocycles. The van der Waals surface area contributed by atoms with Crippen molar-refractivity contribution in [1.82, 2.24) is 14.7 Å². The molecule has 0 N–H and O–H groups in total. The Hall–Kier alpha value is -3.49. The lowest BCUT2D eigenvalue weighted by Gasteiger charge is -2.40. The number of rotatable bonds is 3. The van der Waals surface area contributed by atoms with Crippen LogP contribution in [-0.2, 0) is 19.0 Å². The van der Waals surface area contributed by atoms with Crippen molar-refractivity contribution in [2.75, 3.05) is 20.8 Å². The van der Waals surface area contributed by atoms with Crippen molar-refractivity contribution in [2.24, 2.45) is 0 Å². The molecule has 1 amide bonds. The van der Waals surface area contributed by atoms with E-state index in [0.717, 1.165) is 23.3 Å². The van der Waals surface area contributed by atoms with Gasteiger partial charge in [0, 0.05) is 13.0 Å².